The Kier molecular flexibility index (Phi) is 4.62. The fourth-order valence-electron chi connectivity index (χ4n) is 2.24. The first-order chi connectivity index (χ1) is 9.95. The van der Waals surface area contributed by atoms with Crippen molar-refractivity contribution in [3.63, 3.8) is 0 Å². The molecule has 1 aromatic carbocycles. The Morgan fingerprint density at radius 1 is 1.38 bits per heavy atom. The topological polar surface area (TPSA) is 67.2 Å². The molecule has 2 rings (SSSR count). The van der Waals surface area contributed by atoms with Gasteiger partial charge in [0.15, 0.2) is 0 Å². The van der Waals surface area contributed by atoms with Gasteiger partial charge in [-0.3, -0.25) is 9.48 Å². The highest BCUT2D eigenvalue weighted by molar-refractivity contribution is 5.95. The van der Waals surface area contributed by atoms with Crippen molar-refractivity contribution in [1.82, 2.24) is 15.1 Å². The third-order valence-corrected chi connectivity index (χ3v) is 3.44. The lowest BCUT2D eigenvalue weighted by Gasteiger charge is -2.13. The number of amides is 1. The summed E-state index contributed by atoms with van der Waals surface area (Å²) in [5.41, 5.74) is 2.50. The van der Waals surface area contributed by atoms with E-state index in [9.17, 15) is 9.90 Å². The van der Waals surface area contributed by atoms with Crippen molar-refractivity contribution in [3.8, 4) is 5.75 Å². The maximum Gasteiger partial charge on any atom is 0.254 e. The Hall–Kier alpha value is -2.30. The predicted molar refractivity (Wildman–Crippen MR) is 81.3 cm³/mol. The number of hydrogen-bond acceptors (Lipinski definition) is 3. The first-order valence-corrected chi connectivity index (χ1v) is 7.04. The Labute approximate surface area is 124 Å². The van der Waals surface area contributed by atoms with E-state index in [1.54, 1.807) is 30.1 Å². The monoisotopic (exact) mass is 287 g/mol. The van der Waals surface area contributed by atoms with Gasteiger partial charge in [-0.05, 0) is 44.4 Å². The molecule has 0 spiro atoms. The average Bonchev–Trinajstić information content (AvgIpc) is 2.77. The van der Waals surface area contributed by atoms with Gasteiger partial charge in [0.1, 0.15) is 5.75 Å². The first-order valence-electron chi connectivity index (χ1n) is 7.04. The molecule has 2 aromatic rings. The van der Waals surface area contributed by atoms with E-state index in [0.29, 0.717) is 5.56 Å². The molecule has 0 saturated carbocycles. The van der Waals surface area contributed by atoms with Gasteiger partial charge in [0.2, 0.25) is 0 Å². The predicted octanol–water partition coefficient (Wildman–Crippen LogP) is 2.19. The Balaban J connectivity index is 1.86. The number of phenols is 1. The summed E-state index contributed by atoms with van der Waals surface area (Å²) in [6.07, 6.45) is 3.43. The van der Waals surface area contributed by atoms with Crippen molar-refractivity contribution < 1.29 is 9.90 Å². The second kappa shape index (κ2) is 6.43. The third-order valence-electron chi connectivity index (χ3n) is 3.44. The van der Waals surface area contributed by atoms with E-state index in [2.05, 4.69) is 10.4 Å². The number of carbonyl (C=O) groups is 1. The highest BCUT2D eigenvalue weighted by Crippen LogP contribution is 2.12. The van der Waals surface area contributed by atoms with Crippen LogP contribution in [0.4, 0.5) is 0 Å². The van der Waals surface area contributed by atoms with E-state index in [4.69, 9.17) is 0 Å². The van der Waals surface area contributed by atoms with Crippen molar-refractivity contribution in [2.75, 3.05) is 0 Å². The molecule has 0 fully saturated rings. The van der Waals surface area contributed by atoms with Crippen molar-refractivity contribution >= 4 is 5.91 Å². The van der Waals surface area contributed by atoms with Gasteiger partial charge >= 0.3 is 0 Å². The number of nitrogens with zero attached hydrogens (tertiary/aromatic N) is 2. The molecule has 0 bridgehead atoms. The molecule has 0 aliphatic heterocycles. The lowest BCUT2D eigenvalue weighted by atomic mass is 10.1. The van der Waals surface area contributed by atoms with Crippen LogP contribution in [0.15, 0.2) is 30.5 Å². The Morgan fingerprint density at radius 3 is 2.62 bits per heavy atom. The zero-order valence-corrected chi connectivity index (χ0v) is 12.6. The standard InChI is InChI=1S/C16H21N3O2/c1-11(4-5-13-6-8-14(20)9-7-13)17-16(21)15-10-19(3)18-12(15)2/h6-11,20H,4-5H2,1-3H3,(H,17,21). The molecule has 1 atom stereocenters. The molecular weight excluding hydrogens is 266 g/mol. The van der Waals surface area contributed by atoms with Gasteiger partial charge < -0.3 is 10.4 Å². The molecular formula is C16H21N3O2. The number of benzene rings is 1. The largest absolute Gasteiger partial charge is 0.508 e. The molecule has 1 unspecified atom stereocenters. The van der Waals surface area contributed by atoms with Gasteiger partial charge in [0, 0.05) is 19.3 Å². The summed E-state index contributed by atoms with van der Waals surface area (Å²) in [4.78, 5) is 12.1. The number of phenolic OH excluding ortho intramolecular Hbond substituents is 1. The molecule has 0 radical (unpaired) electrons. The minimum Gasteiger partial charge on any atom is -0.508 e. The summed E-state index contributed by atoms with van der Waals surface area (Å²) in [6, 6.07) is 7.23. The number of aromatic nitrogens is 2. The van der Waals surface area contributed by atoms with E-state index >= 15 is 0 Å². The van der Waals surface area contributed by atoms with Gasteiger partial charge in [0.05, 0.1) is 11.3 Å². The molecule has 112 valence electrons. The van der Waals surface area contributed by atoms with Crippen LogP contribution >= 0.6 is 0 Å². The van der Waals surface area contributed by atoms with Gasteiger partial charge in [-0.2, -0.15) is 5.10 Å². The molecule has 5 heteroatoms. The quantitative estimate of drug-likeness (QED) is 0.885. The fraction of sp³-hybridized carbons (Fsp3) is 0.375. The first kappa shape index (κ1) is 15.1. The highest BCUT2D eigenvalue weighted by atomic mass is 16.3. The summed E-state index contributed by atoms with van der Waals surface area (Å²) in [7, 11) is 1.80. The van der Waals surface area contributed by atoms with Crippen LogP contribution in [0.2, 0.25) is 0 Å². The van der Waals surface area contributed by atoms with Crippen LogP contribution in [0.1, 0.15) is 35.0 Å². The zero-order chi connectivity index (χ0) is 15.4. The number of rotatable bonds is 5. The molecule has 21 heavy (non-hydrogen) atoms. The van der Waals surface area contributed by atoms with E-state index < -0.39 is 0 Å². The van der Waals surface area contributed by atoms with Gasteiger partial charge in [0.25, 0.3) is 5.91 Å². The van der Waals surface area contributed by atoms with Crippen LogP contribution < -0.4 is 5.32 Å². The molecule has 2 N–H and O–H groups in total. The van der Waals surface area contributed by atoms with Crippen LogP contribution in [-0.2, 0) is 13.5 Å². The Bertz CT molecular complexity index is 617. The third kappa shape index (κ3) is 4.08. The minimum atomic E-state index is -0.0844. The maximum absolute atomic E-state index is 12.1. The Morgan fingerprint density at radius 2 is 2.05 bits per heavy atom. The summed E-state index contributed by atoms with van der Waals surface area (Å²) in [5.74, 6) is 0.186. The molecule has 0 aliphatic rings. The molecule has 1 amide bonds. The van der Waals surface area contributed by atoms with Crippen molar-refractivity contribution in [2.24, 2.45) is 7.05 Å². The average molecular weight is 287 g/mol. The van der Waals surface area contributed by atoms with E-state index in [0.717, 1.165) is 24.1 Å². The maximum atomic E-state index is 12.1. The summed E-state index contributed by atoms with van der Waals surface area (Å²) < 4.78 is 1.64. The number of aromatic hydroxyl groups is 1. The van der Waals surface area contributed by atoms with Crippen LogP contribution in [0, 0.1) is 6.92 Å². The van der Waals surface area contributed by atoms with Crippen molar-refractivity contribution in [3.05, 3.63) is 47.3 Å². The van der Waals surface area contributed by atoms with Crippen molar-refractivity contribution in [2.45, 2.75) is 32.7 Å². The van der Waals surface area contributed by atoms with Gasteiger partial charge in [-0.1, -0.05) is 12.1 Å². The molecule has 1 aromatic heterocycles. The molecule has 0 saturated heterocycles. The summed E-state index contributed by atoms with van der Waals surface area (Å²) in [5, 5.41) is 16.4. The number of hydrogen-bond donors (Lipinski definition) is 2. The minimum absolute atomic E-state index is 0.0749. The number of carbonyl (C=O) groups excluding carboxylic acids is 1. The van der Waals surface area contributed by atoms with Gasteiger partial charge in [-0.25, -0.2) is 0 Å². The molecule has 5 nitrogen and oxygen atoms in total. The fourth-order valence-corrected chi connectivity index (χ4v) is 2.24. The van der Waals surface area contributed by atoms with Crippen LogP contribution in [-0.4, -0.2) is 26.8 Å². The van der Waals surface area contributed by atoms with Crippen LogP contribution in [0.25, 0.3) is 0 Å². The smallest absolute Gasteiger partial charge is 0.254 e. The summed E-state index contributed by atoms with van der Waals surface area (Å²) >= 11 is 0. The molecule has 1 heterocycles. The zero-order valence-electron chi connectivity index (χ0n) is 12.6. The number of aryl methyl sites for hydroxylation is 3. The van der Waals surface area contributed by atoms with Crippen LogP contribution in [0.5, 0.6) is 5.75 Å². The second-order valence-corrected chi connectivity index (χ2v) is 5.38. The molecule has 0 aliphatic carbocycles. The SMILES string of the molecule is Cc1nn(C)cc1C(=O)NC(C)CCc1ccc(O)cc1. The van der Waals surface area contributed by atoms with E-state index in [1.807, 2.05) is 26.0 Å². The lowest BCUT2D eigenvalue weighted by molar-refractivity contribution is 0.0938. The van der Waals surface area contributed by atoms with Gasteiger partial charge in [-0.15, -0.1) is 0 Å². The second-order valence-electron chi connectivity index (χ2n) is 5.38. The highest BCUT2D eigenvalue weighted by Gasteiger charge is 2.14. The van der Waals surface area contributed by atoms with Crippen molar-refractivity contribution in [1.29, 1.82) is 0 Å². The number of nitrogens with one attached hydrogen (secondary N) is 1. The summed E-state index contributed by atoms with van der Waals surface area (Å²) in [6.45, 7) is 3.82. The normalized spacial score (nSPS) is 12.1. The van der Waals surface area contributed by atoms with E-state index in [1.165, 1.54) is 0 Å². The van der Waals surface area contributed by atoms with E-state index in [-0.39, 0.29) is 17.7 Å². The van der Waals surface area contributed by atoms with Crippen LogP contribution in [0.3, 0.4) is 0 Å². The lowest BCUT2D eigenvalue weighted by Crippen LogP contribution is -2.33.